The van der Waals surface area contributed by atoms with Gasteiger partial charge in [-0.15, -0.1) is 0 Å². The van der Waals surface area contributed by atoms with Crippen LogP contribution >= 0.6 is 0 Å². The van der Waals surface area contributed by atoms with Crippen LogP contribution in [0.1, 0.15) is 15.9 Å². The Labute approximate surface area is 107 Å². The van der Waals surface area contributed by atoms with Gasteiger partial charge < -0.3 is 9.84 Å². The number of carboxylic acid groups (broad SMARTS) is 1. The summed E-state index contributed by atoms with van der Waals surface area (Å²) in [6.07, 6.45) is 0.789. The molecule has 4 nitrogen and oxygen atoms in total. The van der Waals surface area contributed by atoms with Crippen LogP contribution in [0, 0.1) is 18.6 Å². The summed E-state index contributed by atoms with van der Waals surface area (Å²) >= 11 is 0. The van der Waals surface area contributed by atoms with Gasteiger partial charge in [0, 0.05) is 6.07 Å². The van der Waals surface area contributed by atoms with Crippen LogP contribution in [0.5, 0.6) is 11.6 Å². The molecule has 1 heterocycles. The maximum absolute atomic E-state index is 13.4. The molecular formula is C13H9F2NO3. The Bertz CT molecular complexity index is 644. The standard InChI is InChI=1S/C13H9F2NO3/c1-7-3-2-4-9(13(17)18)11(7)19-12-10(15)5-8(14)6-16-12/h2-6H,1H3,(H,17,18). The van der Waals surface area contributed by atoms with Gasteiger partial charge >= 0.3 is 5.97 Å². The maximum atomic E-state index is 13.4. The number of hydrogen-bond acceptors (Lipinski definition) is 3. The van der Waals surface area contributed by atoms with E-state index in [4.69, 9.17) is 9.84 Å². The highest BCUT2D eigenvalue weighted by Crippen LogP contribution is 2.29. The number of hydrogen-bond donors (Lipinski definition) is 1. The summed E-state index contributed by atoms with van der Waals surface area (Å²) in [4.78, 5) is 14.5. The Morgan fingerprint density at radius 3 is 2.74 bits per heavy atom. The molecule has 0 bridgehead atoms. The molecule has 0 amide bonds. The second-order valence-corrected chi connectivity index (χ2v) is 3.80. The molecule has 98 valence electrons. The van der Waals surface area contributed by atoms with Crippen LogP contribution < -0.4 is 4.74 Å². The molecule has 0 fully saturated rings. The van der Waals surface area contributed by atoms with E-state index in [0.717, 1.165) is 6.20 Å². The molecule has 1 N–H and O–H groups in total. The monoisotopic (exact) mass is 265 g/mol. The van der Waals surface area contributed by atoms with E-state index in [1.165, 1.54) is 6.07 Å². The topological polar surface area (TPSA) is 59.4 Å². The highest BCUT2D eigenvalue weighted by molar-refractivity contribution is 5.91. The average Bonchev–Trinajstić information content (AvgIpc) is 2.34. The van der Waals surface area contributed by atoms with Gasteiger partial charge in [-0.2, -0.15) is 0 Å². The number of benzene rings is 1. The van der Waals surface area contributed by atoms with Crippen LogP contribution in [0.2, 0.25) is 0 Å². The Morgan fingerprint density at radius 2 is 2.11 bits per heavy atom. The first-order valence-electron chi connectivity index (χ1n) is 5.31. The van der Waals surface area contributed by atoms with Crippen molar-refractivity contribution in [2.24, 2.45) is 0 Å². The van der Waals surface area contributed by atoms with Gasteiger partial charge in [0.25, 0.3) is 5.88 Å². The van der Waals surface area contributed by atoms with E-state index in [9.17, 15) is 13.6 Å². The van der Waals surface area contributed by atoms with Crippen LogP contribution in [-0.2, 0) is 0 Å². The number of para-hydroxylation sites is 1. The molecule has 19 heavy (non-hydrogen) atoms. The lowest BCUT2D eigenvalue weighted by Gasteiger charge is -2.11. The average molecular weight is 265 g/mol. The molecular weight excluding hydrogens is 256 g/mol. The Balaban J connectivity index is 2.46. The van der Waals surface area contributed by atoms with Crippen LogP contribution in [0.15, 0.2) is 30.5 Å². The fraction of sp³-hybridized carbons (Fsp3) is 0.0769. The van der Waals surface area contributed by atoms with Gasteiger partial charge in [-0.1, -0.05) is 12.1 Å². The van der Waals surface area contributed by atoms with E-state index in [-0.39, 0.29) is 11.3 Å². The molecule has 0 saturated carbocycles. The molecule has 2 rings (SSSR count). The summed E-state index contributed by atoms with van der Waals surface area (Å²) in [5.41, 5.74) is 0.385. The van der Waals surface area contributed by atoms with Gasteiger partial charge in [0.1, 0.15) is 17.1 Å². The first kappa shape index (κ1) is 12.9. The molecule has 1 aromatic heterocycles. The third kappa shape index (κ3) is 2.67. The summed E-state index contributed by atoms with van der Waals surface area (Å²) in [7, 11) is 0. The summed E-state index contributed by atoms with van der Waals surface area (Å²) in [5, 5.41) is 9.03. The third-order valence-electron chi connectivity index (χ3n) is 2.42. The van der Waals surface area contributed by atoms with E-state index in [2.05, 4.69) is 4.98 Å². The second-order valence-electron chi connectivity index (χ2n) is 3.80. The summed E-state index contributed by atoms with van der Waals surface area (Å²) < 4.78 is 31.3. The molecule has 0 aliphatic carbocycles. The minimum atomic E-state index is -1.21. The fourth-order valence-electron chi connectivity index (χ4n) is 1.53. The number of carbonyl (C=O) groups is 1. The summed E-state index contributed by atoms with van der Waals surface area (Å²) in [6, 6.07) is 5.09. The molecule has 0 radical (unpaired) electrons. The van der Waals surface area contributed by atoms with E-state index in [0.29, 0.717) is 11.6 Å². The summed E-state index contributed by atoms with van der Waals surface area (Å²) in [5.74, 6) is -3.54. The second kappa shape index (κ2) is 5.01. The zero-order valence-electron chi connectivity index (χ0n) is 9.85. The number of nitrogens with zero attached hydrogens (tertiary/aromatic N) is 1. The van der Waals surface area contributed by atoms with Crippen molar-refractivity contribution >= 4 is 5.97 Å². The van der Waals surface area contributed by atoms with Crippen LogP contribution in [0.4, 0.5) is 8.78 Å². The zero-order valence-corrected chi connectivity index (χ0v) is 9.85. The van der Waals surface area contributed by atoms with Crippen LogP contribution in [-0.4, -0.2) is 16.1 Å². The van der Waals surface area contributed by atoms with Crippen molar-refractivity contribution in [3.05, 3.63) is 53.2 Å². The lowest BCUT2D eigenvalue weighted by atomic mass is 10.1. The summed E-state index contributed by atoms with van der Waals surface area (Å²) in [6.45, 7) is 1.61. The molecule has 0 aliphatic rings. The van der Waals surface area contributed by atoms with E-state index in [1.807, 2.05) is 0 Å². The number of rotatable bonds is 3. The number of carboxylic acids is 1. The van der Waals surface area contributed by atoms with Crippen molar-refractivity contribution in [1.29, 1.82) is 0 Å². The lowest BCUT2D eigenvalue weighted by molar-refractivity contribution is 0.0693. The first-order chi connectivity index (χ1) is 8.99. The van der Waals surface area contributed by atoms with Gasteiger partial charge in [-0.05, 0) is 18.6 Å². The molecule has 6 heteroatoms. The highest BCUT2D eigenvalue weighted by atomic mass is 19.1. The predicted octanol–water partition coefficient (Wildman–Crippen LogP) is 3.16. The molecule has 0 aliphatic heterocycles. The van der Waals surface area contributed by atoms with Crippen molar-refractivity contribution < 1.29 is 23.4 Å². The van der Waals surface area contributed by atoms with Crippen LogP contribution in [0.25, 0.3) is 0 Å². The van der Waals surface area contributed by atoms with Crippen molar-refractivity contribution in [3.8, 4) is 11.6 Å². The molecule has 0 unspecified atom stereocenters. The largest absolute Gasteiger partial charge is 0.478 e. The SMILES string of the molecule is Cc1cccc(C(=O)O)c1Oc1ncc(F)cc1F. The number of aromatic carboxylic acids is 1. The Hall–Kier alpha value is -2.50. The molecule has 1 aromatic carbocycles. The number of ether oxygens (including phenoxy) is 1. The van der Waals surface area contributed by atoms with Crippen molar-refractivity contribution in [2.45, 2.75) is 6.92 Å². The van der Waals surface area contributed by atoms with E-state index >= 15 is 0 Å². The minimum absolute atomic E-state index is 0.0204. The van der Waals surface area contributed by atoms with Gasteiger partial charge in [0.15, 0.2) is 5.82 Å². The van der Waals surface area contributed by atoms with Crippen LogP contribution in [0.3, 0.4) is 0 Å². The maximum Gasteiger partial charge on any atom is 0.339 e. The van der Waals surface area contributed by atoms with E-state index in [1.54, 1.807) is 19.1 Å². The fourth-order valence-corrected chi connectivity index (χ4v) is 1.53. The molecule has 0 atom stereocenters. The quantitative estimate of drug-likeness (QED) is 0.926. The molecule has 0 spiro atoms. The zero-order chi connectivity index (χ0) is 14.0. The van der Waals surface area contributed by atoms with Gasteiger partial charge in [-0.25, -0.2) is 18.6 Å². The normalized spacial score (nSPS) is 10.3. The third-order valence-corrected chi connectivity index (χ3v) is 2.42. The Kier molecular flexibility index (Phi) is 3.41. The van der Waals surface area contributed by atoms with Crippen molar-refractivity contribution in [2.75, 3.05) is 0 Å². The van der Waals surface area contributed by atoms with Gasteiger partial charge in [0.05, 0.1) is 6.20 Å². The van der Waals surface area contributed by atoms with Crippen molar-refractivity contribution in [1.82, 2.24) is 4.98 Å². The predicted molar refractivity (Wildman–Crippen MR) is 62.4 cm³/mol. The Morgan fingerprint density at radius 1 is 1.37 bits per heavy atom. The highest BCUT2D eigenvalue weighted by Gasteiger charge is 2.16. The van der Waals surface area contributed by atoms with E-state index < -0.39 is 23.5 Å². The van der Waals surface area contributed by atoms with Crippen molar-refractivity contribution in [3.63, 3.8) is 0 Å². The van der Waals surface area contributed by atoms with Gasteiger partial charge in [0.2, 0.25) is 0 Å². The first-order valence-corrected chi connectivity index (χ1v) is 5.31. The van der Waals surface area contributed by atoms with Gasteiger partial charge in [-0.3, -0.25) is 0 Å². The molecule has 0 saturated heterocycles. The lowest BCUT2D eigenvalue weighted by Crippen LogP contribution is -2.03. The number of aryl methyl sites for hydroxylation is 1. The number of halogens is 2. The molecule has 2 aromatic rings. The number of aromatic nitrogens is 1. The number of pyridine rings is 1. The smallest absolute Gasteiger partial charge is 0.339 e. The minimum Gasteiger partial charge on any atom is -0.478 e.